The number of aromatic nitrogens is 1. The topological polar surface area (TPSA) is 39.2 Å². The number of hydrogen-bond acceptors (Lipinski definition) is 4. The quantitative estimate of drug-likeness (QED) is 0.739. The van der Waals surface area contributed by atoms with Crippen molar-refractivity contribution in [1.29, 1.82) is 0 Å². The van der Waals surface area contributed by atoms with Crippen molar-refractivity contribution in [2.24, 2.45) is 5.92 Å². The minimum absolute atomic E-state index is 0.271. The van der Waals surface area contributed by atoms with Crippen LogP contribution in [0.5, 0.6) is 0 Å². The van der Waals surface area contributed by atoms with Gasteiger partial charge >= 0.3 is 5.97 Å². The van der Waals surface area contributed by atoms with Gasteiger partial charge in [0.05, 0.1) is 11.6 Å². The van der Waals surface area contributed by atoms with Crippen molar-refractivity contribution in [2.75, 3.05) is 6.61 Å². The Balaban J connectivity index is 2.00. The second-order valence-electron chi connectivity index (χ2n) is 5.68. The predicted molar refractivity (Wildman–Crippen MR) is 82.4 cm³/mol. The summed E-state index contributed by atoms with van der Waals surface area (Å²) in [5.41, 5.74) is 0.530. The number of aryl methyl sites for hydroxylation is 1. The molecule has 112 valence electrons. The van der Waals surface area contributed by atoms with E-state index < -0.39 is 0 Å². The third kappa shape index (κ3) is 3.60. The molecule has 0 bridgehead atoms. The molecular weight excluding hydrogens is 270 g/mol. The number of hydrogen-bond donors (Lipinski definition) is 0. The standard InChI is InChI=1S/C16H25NO2S/c1-4-6-12-7-9-13(10-8-12)15-17-14(11(3)20-15)16(18)19-5-2/h12-13H,4-10H2,1-3H3. The summed E-state index contributed by atoms with van der Waals surface area (Å²) >= 11 is 1.68. The summed E-state index contributed by atoms with van der Waals surface area (Å²) in [5, 5.41) is 1.14. The number of rotatable bonds is 5. The van der Waals surface area contributed by atoms with E-state index in [1.165, 1.54) is 38.5 Å². The lowest BCUT2D eigenvalue weighted by molar-refractivity contribution is 0.0519. The Morgan fingerprint density at radius 2 is 2.00 bits per heavy atom. The molecule has 2 rings (SSSR count). The van der Waals surface area contributed by atoms with Crippen LogP contribution in [0.3, 0.4) is 0 Å². The Labute approximate surface area is 125 Å². The van der Waals surface area contributed by atoms with Gasteiger partial charge in [-0.05, 0) is 45.4 Å². The molecule has 1 aromatic heterocycles. The van der Waals surface area contributed by atoms with Crippen LogP contribution in [0.1, 0.15) is 78.7 Å². The Morgan fingerprint density at radius 3 is 2.60 bits per heavy atom. The minimum Gasteiger partial charge on any atom is -0.461 e. The highest BCUT2D eigenvalue weighted by molar-refractivity contribution is 7.12. The normalized spacial score (nSPS) is 22.8. The maximum absolute atomic E-state index is 11.8. The third-order valence-electron chi connectivity index (χ3n) is 4.17. The van der Waals surface area contributed by atoms with Gasteiger partial charge in [-0.25, -0.2) is 9.78 Å². The van der Waals surface area contributed by atoms with Gasteiger partial charge in [0.2, 0.25) is 0 Å². The minimum atomic E-state index is -0.271. The molecule has 20 heavy (non-hydrogen) atoms. The van der Waals surface area contributed by atoms with Gasteiger partial charge in [-0.1, -0.05) is 19.8 Å². The molecule has 0 spiro atoms. The lowest BCUT2D eigenvalue weighted by atomic mass is 9.80. The molecule has 1 aromatic rings. The van der Waals surface area contributed by atoms with E-state index >= 15 is 0 Å². The first-order valence-corrected chi connectivity index (χ1v) is 8.61. The van der Waals surface area contributed by atoms with E-state index in [4.69, 9.17) is 4.74 Å². The highest BCUT2D eigenvalue weighted by Crippen LogP contribution is 2.39. The smallest absolute Gasteiger partial charge is 0.358 e. The van der Waals surface area contributed by atoms with E-state index in [2.05, 4.69) is 11.9 Å². The van der Waals surface area contributed by atoms with Crippen molar-refractivity contribution >= 4 is 17.3 Å². The maximum atomic E-state index is 11.8. The first-order valence-electron chi connectivity index (χ1n) is 7.80. The van der Waals surface area contributed by atoms with Crippen molar-refractivity contribution in [2.45, 2.75) is 65.2 Å². The van der Waals surface area contributed by atoms with Gasteiger partial charge in [0.1, 0.15) is 0 Å². The molecule has 0 aliphatic heterocycles. The number of nitrogens with zero attached hydrogens (tertiary/aromatic N) is 1. The summed E-state index contributed by atoms with van der Waals surface area (Å²) in [5.74, 6) is 1.18. The number of carbonyl (C=O) groups is 1. The molecule has 0 atom stereocenters. The number of ether oxygens (including phenoxy) is 1. The fourth-order valence-corrected chi connectivity index (χ4v) is 4.17. The summed E-state index contributed by atoms with van der Waals surface area (Å²) in [6.45, 7) is 6.47. The monoisotopic (exact) mass is 295 g/mol. The Morgan fingerprint density at radius 1 is 1.30 bits per heavy atom. The van der Waals surface area contributed by atoms with Crippen LogP contribution in [0.2, 0.25) is 0 Å². The van der Waals surface area contributed by atoms with Crippen LogP contribution in [0.25, 0.3) is 0 Å². The van der Waals surface area contributed by atoms with Crippen LogP contribution >= 0.6 is 11.3 Å². The number of thiazole rings is 1. The van der Waals surface area contributed by atoms with Gasteiger partial charge in [0.25, 0.3) is 0 Å². The van der Waals surface area contributed by atoms with Gasteiger partial charge in [0, 0.05) is 10.8 Å². The summed E-state index contributed by atoms with van der Waals surface area (Å²) in [6.07, 6.45) is 7.72. The van der Waals surface area contributed by atoms with Crippen LogP contribution in [0.15, 0.2) is 0 Å². The summed E-state index contributed by atoms with van der Waals surface area (Å²) in [7, 11) is 0. The lowest BCUT2D eigenvalue weighted by Gasteiger charge is -2.26. The highest BCUT2D eigenvalue weighted by Gasteiger charge is 2.26. The zero-order chi connectivity index (χ0) is 14.5. The highest BCUT2D eigenvalue weighted by atomic mass is 32.1. The van der Waals surface area contributed by atoms with Crippen LogP contribution in [0.4, 0.5) is 0 Å². The molecule has 0 saturated heterocycles. The Kier molecular flexibility index (Phi) is 5.58. The van der Waals surface area contributed by atoms with E-state index in [-0.39, 0.29) is 5.97 Å². The largest absolute Gasteiger partial charge is 0.461 e. The average Bonchev–Trinajstić information content (AvgIpc) is 2.82. The van der Waals surface area contributed by atoms with Crippen molar-refractivity contribution in [3.63, 3.8) is 0 Å². The molecule has 1 fully saturated rings. The van der Waals surface area contributed by atoms with Crippen molar-refractivity contribution in [3.8, 4) is 0 Å². The Hall–Kier alpha value is -0.900. The van der Waals surface area contributed by atoms with E-state index in [0.29, 0.717) is 18.2 Å². The molecule has 0 N–H and O–H groups in total. The maximum Gasteiger partial charge on any atom is 0.358 e. The number of carbonyl (C=O) groups excluding carboxylic acids is 1. The van der Waals surface area contributed by atoms with Gasteiger partial charge < -0.3 is 4.74 Å². The Bertz CT molecular complexity index is 447. The first kappa shape index (κ1) is 15.5. The fraction of sp³-hybridized carbons (Fsp3) is 0.750. The van der Waals surface area contributed by atoms with E-state index in [9.17, 15) is 4.79 Å². The van der Waals surface area contributed by atoms with Crippen LogP contribution in [-0.2, 0) is 4.74 Å². The first-order chi connectivity index (χ1) is 9.65. The van der Waals surface area contributed by atoms with Crippen molar-refractivity contribution in [3.05, 3.63) is 15.6 Å². The van der Waals surface area contributed by atoms with E-state index in [0.717, 1.165) is 15.8 Å². The molecule has 1 heterocycles. The third-order valence-corrected chi connectivity index (χ3v) is 5.31. The van der Waals surface area contributed by atoms with E-state index in [1.54, 1.807) is 11.3 Å². The lowest BCUT2D eigenvalue weighted by Crippen LogP contribution is -2.13. The molecule has 0 unspecified atom stereocenters. The fourth-order valence-electron chi connectivity index (χ4n) is 3.09. The molecule has 1 aliphatic carbocycles. The molecule has 1 saturated carbocycles. The van der Waals surface area contributed by atoms with Crippen molar-refractivity contribution < 1.29 is 9.53 Å². The van der Waals surface area contributed by atoms with Crippen LogP contribution < -0.4 is 0 Å². The second kappa shape index (κ2) is 7.21. The second-order valence-corrected chi connectivity index (χ2v) is 6.92. The van der Waals surface area contributed by atoms with Crippen LogP contribution in [-0.4, -0.2) is 17.6 Å². The van der Waals surface area contributed by atoms with Gasteiger partial charge in [-0.2, -0.15) is 0 Å². The molecule has 0 amide bonds. The summed E-state index contributed by atoms with van der Waals surface area (Å²) < 4.78 is 5.06. The average molecular weight is 295 g/mol. The van der Waals surface area contributed by atoms with Gasteiger partial charge in [0.15, 0.2) is 5.69 Å². The van der Waals surface area contributed by atoms with E-state index in [1.807, 2.05) is 13.8 Å². The van der Waals surface area contributed by atoms with Crippen molar-refractivity contribution in [1.82, 2.24) is 4.98 Å². The number of esters is 1. The molecule has 0 aromatic carbocycles. The summed E-state index contributed by atoms with van der Waals surface area (Å²) in [4.78, 5) is 17.4. The SMILES string of the molecule is CCCC1CCC(c2nc(C(=O)OCC)c(C)s2)CC1. The molecule has 0 radical (unpaired) electrons. The molecule has 3 nitrogen and oxygen atoms in total. The molecular formula is C16H25NO2S. The molecule has 1 aliphatic rings. The van der Waals surface area contributed by atoms with Gasteiger partial charge in [-0.15, -0.1) is 11.3 Å². The molecule has 4 heteroatoms. The predicted octanol–water partition coefficient (Wildman–Crippen LogP) is 4.70. The zero-order valence-electron chi connectivity index (χ0n) is 12.8. The van der Waals surface area contributed by atoms with Gasteiger partial charge in [-0.3, -0.25) is 0 Å². The summed E-state index contributed by atoms with van der Waals surface area (Å²) in [6, 6.07) is 0. The van der Waals surface area contributed by atoms with Crippen LogP contribution in [0, 0.1) is 12.8 Å². The zero-order valence-corrected chi connectivity index (χ0v) is 13.6.